The van der Waals surface area contributed by atoms with E-state index in [0.29, 0.717) is 32.6 Å². The van der Waals surface area contributed by atoms with Crippen LogP contribution in [0.4, 0.5) is 4.79 Å². The van der Waals surface area contributed by atoms with Crippen LogP contribution >= 0.6 is 0 Å². The minimum Gasteiger partial charge on any atom is -0.469 e. The number of hydrogen-bond acceptors (Lipinski definition) is 5. The van der Waals surface area contributed by atoms with E-state index in [4.69, 9.17) is 9.47 Å². The molecule has 1 unspecified atom stereocenters. The summed E-state index contributed by atoms with van der Waals surface area (Å²) in [5, 5.41) is 0. The van der Waals surface area contributed by atoms with Gasteiger partial charge in [0.25, 0.3) is 0 Å². The Bertz CT molecular complexity index is 736. The van der Waals surface area contributed by atoms with Crippen LogP contribution in [0.2, 0.25) is 0 Å². The normalized spacial score (nSPS) is 15.8. The van der Waals surface area contributed by atoms with E-state index < -0.39 is 11.5 Å². The maximum Gasteiger partial charge on any atom is 0.410 e. The summed E-state index contributed by atoms with van der Waals surface area (Å²) < 4.78 is 10.3. The van der Waals surface area contributed by atoms with E-state index in [1.54, 1.807) is 16.7 Å². The van der Waals surface area contributed by atoms with Crippen molar-refractivity contribution in [1.82, 2.24) is 9.80 Å². The second-order valence-corrected chi connectivity index (χ2v) is 9.30. The van der Waals surface area contributed by atoms with Crippen LogP contribution in [-0.2, 0) is 25.6 Å². The average molecular weight is 433 g/mol. The number of carbonyl (C=O) groups excluding carboxylic acids is 3. The zero-order valence-corrected chi connectivity index (χ0v) is 19.4. The zero-order valence-electron chi connectivity index (χ0n) is 19.4. The minimum absolute atomic E-state index is 0.0234. The summed E-state index contributed by atoms with van der Waals surface area (Å²) >= 11 is 0. The topological polar surface area (TPSA) is 76.2 Å². The highest BCUT2D eigenvalue weighted by Crippen LogP contribution is 2.24. The Kier molecular flexibility index (Phi) is 8.89. The van der Waals surface area contributed by atoms with Crippen LogP contribution in [0.3, 0.4) is 0 Å². The standard InChI is InChI=1S/C24H36N2O5/c1-18(22(28)30-5)16-26(17-20-9-7-6-8-10-20)21(27)15-19-11-13-25(14-12-19)23(29)31-24(2,3)4/h6-10,18-19H,11-17H2,1-5H3. The summed E-state index contributed by atoms with van der Waals surface area (Å²) in [5.74, 6) is -0.489. The second-order valence-electron chi connectivity index (χ2n) is 9.30. The Morgan fingerprint density at radius 1 is 1.13 bits per heavy atom. The molecule has 1 saturated heterocycles. The first kappa shape index (κ1) is 24.7. The highest BCUT2D eigenvalue weighted by atomic mass is 16.6. The lowest BCUT2D eigenvalue weighted by atomic mass is 9.93. The van der Waals surface area contributed by atoms with Crippen molar-refractivity contribution in [3.8, 4) is 0 Å². The summed E-state index contributed by atoms with van der Waals surface area (Å²) in [7, 11) is 1.36. The third-order valence-electron chi connectivity index (χ3n) is 5.40. The molecule has 0 bridgehead atoms. The molecule has 2 rings (SSSR count). The van der Waals surface area contributed by atoms with Gasteiger partial charge in [-0.15, -0.1) is 0 Å². The number of carbonyl (C=O) groups is 3. The van der Waals surface area contributed by atoms with E-state index in [0.717, 1.165) is 18.4 Å². The number of esters is 1. The summed E-state index contributed by atoms with van der Waals surface area (Å²) in [6, 6.07) is 9.76. The molecule has 7 nitrogen and oxygen atoms in total. The van der Waals surface area contributed by atoms with E-state index in [1.807, 2.05) is 51.1 Å². The number of amides is 2. The van der Waals surface area contributed by atoms with Crippen LogP contribution in [0, 0.1) is 11.8 Å². The van der Waals surface area contributed by atoms with Gasteiger partial charge < -0.3 is 19.3 Å². The van der Waals surface area contributed by atoms with Gasteiger partial charge in [0.05, 0.1) is 13.0 Å². The first-order valence-electron chi connectivity index (χ1n) is 11.0. The van der Waals surface area contributed by atoms with Gasteiger partial charge in [-0.1, -0.05) is 37.3 Å². The molecule has 172 valence electrons. The fourth-order valence-electron chi connectivity index (χ4n) is 3.69. The lowest BCUT2D eigenvalue weighted by Gasteiger charge is -2.34. The summed E-state index contributed by atoms with van der Waals surface area (Å²) in [6.07, 6.45) is 1.63. The molecule has 1 aromatic rings. The van der Waals surface area contributed by atoms with Crippen molar-refractivity contribution in [2.45, 2.75) is 59.1 Å². The smallest absolute Gasteiger partial charge is 0.410 e. The van der Waals surface area contributed by atoms with Gasteiger partial charge in [-0.05, 0) is 45.1 Å². The summed E-state index contributed by atoms with van der Waals surface area (Å²) in [4.78, 5) is 40.8. The van der Waals surface area contributed by atoms with Gasteiger partial charge in [0.15, 0.2) is 0 Å². The van der Waals surface area contributed by atoms with Gasteiger partial charge >= 0.3 is 12.1 Å². The molecule has 31 heavy (non-hydrogen) atoms. The molecule has 7 heteroatoms. The van der Waals surface area contributed by atoms with Gasteiger partial charge in [-0.25, -0.2) is 4.79 Å². The summed E-state index contributed by atoms with van der Waals surface area (Å²) in [5.41, 5.74) is 0.505. The lowest BCUT2D eigenvalue weighted by Crippen LogP contribution is -2.43. The Hall–Kier alpha value is -2.57. The average Bonchev–Trinajstić information content (AvgIpc) is 2.72. The largest absolute Gasteiger partial charge is 0.469 e. The van der Waals surface area contributed by atoms with Crippen molar-refractivity contribution in [3.05, 3.63) is 35.9 Å². The SMILES string of the molecule is COC(=O)C(C)CN(Cc1ccccc1)C(=O)CC1CCN(C(=O)OC(C)(C)C)CC1. The highest BCUT2D eigenvalue weighted by Gasteiger charge is 2.29. The molecular weight excluding hydrogens is 396 g/mol. The molecule has 1 aliphatic heterocycles. The number of ether oxygens (including phenoxy) is 2. The maximum absolute atomic E-state index is 13.1. The van der Waals surface area contributed by atoms with E-state index >= 15 is 0 Å². The van der Waals surface area contributed by atoms with Gasteiger partial charge in [0, 0.05) is 32.6 Å². The van der Waals surface area contributed by atoms with Crippen molar-refractivity contribution in [3.63, 3.8) is 0 Å². The van der Waals surface area contributed by atoms with Gasteiger partial charge in [0.1, 0.15) is 5.60 Å². The van der Waals surface area contributed by atoms with E-state index in [1.165, 1.54) is 7.11 Å². The first-order chi connectivity index (χ1) is 14.6. The molecule has 1 fully saturated rings. The number of benzene rings is 1. The number of likely N-dealkylation sites (tertiary alicyclic amines) is 1. The van der Waals surface area contributed by atoms with Crippen LogP contribution in [-0.4, -0.2) is 60.1 Å². The van der Waals surface area contributed by atoms with E-state index in [9.17, 15) is 14.4 Å². The molecule has 1 heterocycles. The van der Waals surface area contributed by atoms with Gasteiger partial charge in [-0.3, -0.25) is 9.59 Å². The fraction of sp³-hybridized carbons (Fsp3) is 0.625. The van der Waals surface area contributed by atoms with Crippen LogP contribution in [0.15, 0.2) is 30.3 Å². The van der Waals surface area contributed by atoms with Crippen molar-refractivity contribution < 1.29 is 23.9 Å². The Balaban J connectivity index is 1.95. The number of hydrogen-bond donors (Lipinski definition) is 0. The molecule has 0 spiro atoms. The molecule has 0 radical (unpaired) electrons. The molecule has 1 atom stereocenters. The molecule has 1 aliphatic rings. The number of methoxy groups -OCH3 is 1. The van der Waals surface area contributed by atoms with Crippen molar-refractivity contribution in [2.24, 2.45) is 11.8 Å². The highest BCUT2D eigenvalue weighted by molar-refractivity contribution is 5.78. The second kappa shape index (κ2) is 11.2. The Labute approximate surface area is 185 Å². The monoisotopic (exact) mass is 432 g/mol. The molecule has 0 aliphatic carbocycles. The number of nitrogens with zero attached hydrogens (tertiary/aromatic N) is 2. The Morgan fingerprint density at radius 3 is 2.29 bits per heavy atom. The van der Waals surface area contributed by atoms with Crippen LogP contribution < -0.4 is 0 Å². The molecule has 0 N–H and O–H groups in total. The predicted molar refractivity (Wildman–Crippen MR) is 118 cm³/mol. The summed E-state index contributed by atoms with van der Waals surface area (Å²) in [6.45, 7) is 9.28. The number of rotatable bonds is 7. The van der Waals surface area contributed by atoms with E-state index in [-0.39, 0.29) is 23.9 Å². The van der Waals surface area contributed by atoms with Gasteiger partial charge in [0.2, 0.25) is 5.91 Å². The molecule has 1 aromatic carbocycles. The fourth-order valence-corrected chi connectivity index (χ4v) is 3.69. The third-order valence-corrected chi connectivity index (χ3v) is 5.40. The van der Waals surface area contributed by atoms with Crippen molar-refractivity contribution in [2.75, 3.05) is 26.7 Å². The van der Waals surface area contributed by atoms with Crippen LogP contribution in [0.1, 0.15) is 52.5 Å². The van der Waals surface area contributed by atoms with Crippen molar-refractivity contribution in [1.29, 1.82) is 0 Å². The molecule has 2 amide bonds. The zero-order chi connectivity index (χ0) is 23.0. The van der Waals surface area contributed by atoms with E-state index in [2.05, 4.69) is 0 Å². The lowest BCUT2D eigenvalue weighted by molar-refractivity contribution is -0.146. The molecule has 0 saturated carbocycles. The predicted octanol–water partition coefficient (Wildman–Crippen LogP) is 3.86. The van der Waals surface area contributed by atoms with Crippen LogP contribution in [0.5, 0.6) is 0 Å². The first-order valence-corrected chi connectivity index (χ1v) is 11.0. The van der Waals surface area contributed by atoms with Gasteiger partial charge in [-0.2, -0.15) is 0 Å². The molecule has 0 aromatic heterocycles. The maximum atomic E-state index is 13.1. The number of piperidine rings is 1. The quantitative estimate of drug-likeness (QED) is 0.612. The third kappa shape index (κ3) is 8.23. The molecular formula is C24H36N2O5. The Morgan fingerprint density at radius 2 is 1.74 bits per heavy atom. The van der Waals surface area contributed by atoms with Crippen LogP contribution in [0.25, 0.3) is 0 Å². The van der Waals surface area contributed by atoms with Crippen molar-refractivity contribution >= 4 is 18.0 Å². The minimum atomic E-state index is -0.516.